The van der Waals surface area contributed by atoms with Gasteiger partial charge in [0.25, 0.3) is 0 Å². The van der Waals surface area contributed by atoms with Crippen molar-refractivity contribution in [3.05, 3.63) is 62.8 Å². The lowest BCUT2D eigenvalue weighted by Crippen LogP contribution is -2.12. The van der Waals surface area contributed by atoms with Gasteiger partial charge in [-0.05, 0) is 42.3 Å². The molecule has 2 N–H and O–H groups in total. The lowest BCUT2D eigenvalue weighted by Gasteiger charge is -2.13. The molecule has 0 aliphatic heterocycles. The molecule has 0 amide bonds. The lowest BCUT2D eigenvalue weighted by atomic mass is 10.0. The Balaban J connectivity index is 2.36. The van der Waals surface area contributed by atoms with Gasteiger partial charge in [-0.1, -0.05) is 33.6 Å². The third-order valence-electron chi connectivity index (χ3n) is 2.54. The topological polar surface area (TPSA) is 38.9 Å². The zero-order valence-electron chi connectivity index (χ0n) is 9.32. The van der Waals surface area contributed by atoms with Gasteiger partial charge in [-0.3, -0.25) is 4.98 Å². The van der Waals surface area contributed by atoms with Gasteiger partial charge in [-0.25, -0.2) is 0 Å². The Hall–Kier alpha value is -0.900. The van der Waals surface area contributed by atoms with E-state index in [0.717, 1.165) is 21.3 Å². The molecule has 0 bridgehead atoms. The SMILES string of the molecule is Cc1ccc(C(N)c2cc(Cl)cc(Br)c2)cn1. The highest BCUT2D eigenvalue weighted by Crippen LogP contribution is 2.26. The van der Waals surface area contributed by atoms with Crippen molar-refractivity contribution in [1.82, 2.24) is 4.98 Å². The van der Waals surface area contributed by atoms with Crippen molar-refractivity contribution < 1.29 is 0 Å². The fourth-order valence-electron chi connectivity index (χ4n) is 1.61. The molecule has 2 aromatic rings. The minimum absolute atomic E-state index is 0.210. The Bertz CT molecular complexity index is 505. The number of aromatic nitrogens is 1. The highest BCUT2D eigenvalue weighted by molar-refractivity contribution is 9.10. The van der Waals surface area contributed by atoms with E-state index in [1.807, 2.05) is 37.3 Å². The zero-order valence-corrected chi connectivity index (χ0v) is 11.7. The Morgan fingerprint density at radius 1 is 1.24 bits per heavy atom. The van der Waals surface area contributed by atoms with Gasteiger partial charge >= 0.3 is 0 Å². The van der Waals surface area contributed by atoms with Gasteiger partial charge in [0.2, 0.25) is 0 Å². The number of hydrogen-bond acceptors (Lipinski definition) is 2. The van der Waals surface area contributed by atoms with Gasteiger partial charge in [0.1, 0.15) is 0 Å². The number of benzene rings is 1. The first-order valence-corrected chi connectivity index (χ1v) is 6.37. The van der Waals surface area contributed by atoms with Crippen LogP contribution in [0.25, 0.3) is 0 Å². The maximum absolute atomic E-state index is 6.18. The summed E-state index contributed by atoms with van der Waals surface area (Å²) < 4.78 is 0.926. The molecular weight excluding hydrogens is 300 g/mol. The van der Waals surface area contributed by atoms with Gasteiger partial charge in [-0.15, -0.1) is 0 Å². The first-order chi connectivity index (χ1) is 8.06. The highest BCUT2D eigenvalue weighted by atomic mass is 79.9. The molecular formula is C13H12BrClN2. The summed E-state index contributed by atoms with van der Waals surface area (Å²) >= 11 is 9.42. The summed E-state index contributed by atoms with van der Waals surface area (Å²) in [6, 6.07) is 9.41. The average Bonchev–Trinajstić information content (AvgIpc) is 2.28. The summed E-state index contributed by atoms with van der Waals surface area (Å²) in [6.45, 7) is 1.95. The van der Waals surface area contributed by atoms with Crippen LogP contribution in [0.5, 0.6) is 0 Å². The van der Waals surface area contributed by atoms with Gasteiger partial charge in [0.15, 0.2) is 0 Å². The van der Waals surface area contributed by atoms with Gasteiger partial charge < -0.3 is 5.73 Å². The summed E-state index contributed by atoms with van der Waals surface area (Å²) in [5.74, 6) is 0. The highest BCUT2D eigenvalue weighted by Gasteiger charge is 2.10. The molecule has 1 heterocycles. The van der Waals surface area contributed by atoms with Gasteiger partial charge in [0, 0.05) is 21.4 Å². The van der Waals surface area contributed by atoms with E-state index in [2.05, 4.69) is 20.9 Å². The predicted molar refractivity (Wildman–Crippen MR) is 74.2 cm³/mol. The molecule has 1 aromatic heterocycles. The molecule has 1 atom stereocenters. The molecule has 4 heteroatoms. The second-order valence-electron chi connectivity index (χ2n) is 3.91. The lowest BCUT2D eigenvalue weighted by molar-refractivity contribution is 0.859. The number of rotatable bonds is 2. The third-order valence-corrected chi connectivity index (χ3v) is 3.21. The van der Waals surface area contributed by atoms with Crippen LogP contribution in [0, 0.1) is 6.92 Å². The third kappa shape index (κ3) is 3.06. The standard InChI is InChI=1S/C13H12BrClN2/c1-8-2-3-9(7-17-8)13(16)10-4-11(14)6-12(15)5-10/h2-7,13H,16H2,1H3. The van der Waals surface area contributed by atoms with Crippen molar-refractivity contribution in [2.24, 2.45) is 5.73 Å². The molecule has 0 radical (unpaired) electrons. The Labute approximate surface area is 114 Å². The van der Waals surface area contributed by atoms with E-state index >= 15 is 0 Å². The molecule has 1 aromatic carbocycles. The van der Waals surface area contributed by atoms with Crippen LogP contribution in [0.3, 0.4) is 0 Å². The average molecular weight is 312 g/mol. The van der Waals surface area contributed by atoms with Crippen LogP contribution >= 0.6 is 27.5 Å². The molecule has 0 fully saturated rings. The Kier molecular flexibility index (Phi) is 3.82. The molecule has 0 aliphatic carbocycles. The van der Waals surface area contributed by atoms with E-state index in [1.54, 1.807) is 6.20 Å². The summed E-state index contributed by atoms with van der Waals surface area (Å²) in [5.41, 5.74) is 9.11. The van der Waals surface area contributed by atoms with E-state index in [9.17, 15) is 0 Å². The van der Waals surface area contributed by atoms with Crippen molar-refractivity contribution in [2.45, 2.75) is 13.0 Å². The molecule has 2 nitrogen and oxygen atoms in total. The molecule has 0 saturated heterocycles. The second-order valence-corrected chi connectivity index (χ2v) is 5.27. The molecule has 1 unspecified atom stereocenters. The number of pyridine rings is 1. The van der Waals surface area contributed by atoms with E-state index in [0.29, 0.717) is 5.02 Å². The first-order valence-electron chi connectivity index (χ1n) is 5.20. The first kappa shape index (κ1) is 12.6. The van der Waals surface area contributed by atoms with Crippen molar-refractivity contribution >= 4 is 27.5 Å². The van der Waals surface area contributed by atoms with E-state index in [-0.39, 0.29) is 6.04 Å². The number of nitrogens with zero attached hydrogens (tertiary/aromatic N) is 1. The van der Waals surface area contributed by atoms with Crippen LogP contribution in [-0.2, 0) is 0 Å². The fourth-order valence-corrected chi connectivity index (χ4v) is 2.50. The quantitative estimate of drug-likeness (QED) is 0.915. The molecule has 88 valence electrons. The monoisotopic (exact) mass is 310 g/mol. The molecule has 0 spiro atoms. The number of halogens is 2. The summed E-state index contributed by atoms with van der Waals surface area (Å²) in [4.78, 5) is 4.25. The van der Waals surface area contributed by atoms with Crippen molar-refractivity contribution in [1.29, 1.82) is 0 Å². The van der Waals surface area contributed by atoms with Crippen LogP contribution in [0.1, 0.15) is 22.9 Å². The Morgan fingerprint density at radius 2 is 2.00 bits per heavy atom. The fraction of sp³-hybridized carbons (Fsp3) is 0.154. The molecule has 2 rings (SSSR count). The summed E-state index contributed by atoms with van der Waals surface area (Å²) in [5, 5.41) is 0.671. The van der Waals surface area contributed by atoms with Crippen molar-refractivity contribution in [3.63, 3.8) is 0 Å². The zero-order chi connectivity index (χ0) is 12.4. The smallest absolute Gasteiger partial charge is 0.0567 e. The van der Waals surface area contributed by atoms with Crippen LogP contribution in [0.2, 0.25) is 5.02 Å². The Morgan fingerprint density at radius 3 is 2.59 bits per heavy atom. The van der Waals surface area contributed by atoms with E-state index in [1.165, 1.54) is 0 Å². The molecule has 0 aliphatic rings. The van der Waals surface area contributed by atoms with Gasteiger partial charge in [0.05, 0.1) is 6.04 Å². The van der Waals surface area contributed by atoms with Crippen LogP contribution in [0.4, 0.5) is 0 Å². The largest absolute Gasteiger partial charge is 0.320 e. The number of nitrogens with two attached hydrogens (primary N) is 1. The van der Waals surface area contributed by atoms with Crippen LogP contribution in [-0.4, -0.2) is 4.98 Å². The van der Waals surface area contributed by atoms with Crippen molar-refractivity contribution in [3.8, 4) is 0 Å². The molecule has 17 heavy (non-hydrogen) atoms. The van der Waals surface area contributed by atoms with Crippen LogP contribution < -0.4 is 5.73 Å². The van der Waals surface area contributed by atoms with Crippen LogP contribution in [0.15, 0.2) is 41.0 Å². The van der Waals surface area contributed by atoms with Gasteiger partial charge in [-0.2, -0.15) is 0 Å². The van der Waals surface area contributed by atoms with Crippen molar-refractivity contribution in [2.75, 3.05) is 0 Å². The molecule has 0 saturated carbocycles. The summed E-state index contributed by atoms with van der Waals surface area (Å²) in [7, 11) is 0. The minimum Gasteiger partial charge on any atom is -0.320 e. The van der Waals surface area contributed by atoms with E-state index in [4.69, 9.17) is 17.3 Å². The second kappa shape index (κ2) is 5.17. The maximum Gasteiger partial charge on any atom is 0.0567 e. The normalized spacial score (nSPS) is 12.5. The number of hydrogen-bond donors (Lipinski definition) is 1. The maximum atomic E-state index is 6.18. The predicted octanol–water partition coefficient (Wildman–Crippen LogP) is 3.85. The van der Waals surface area contributed by atoms with E-state index < -0.39 is 0 Å². The number of aryl methyl sites for hydroxylation is 1. The summed E-state index contributed by atoms with van der Waals surface area (Å²) in [6.07, 6.45) is 1.80. The minimum atomic E-state index is -0.210.